The first-order valence-electron chi connectivity index (χ1n) is 7.01. The molecule has 0 spiro atoms. The van der Waals surface area contributed by atoms with E-state index in [4.69, 9.17) is 62.7 Å². The number of carbonyl (C=O) groups excluding carboxylic acids is 2. The summed E-state index contributed by atoms with van der Waals surface area (Å²) >= 11 is 29.7. The average Bonchev–Trinajstić information content (AvgIpc) is 3.10. The van der Waals surface area contributed by atoms with Crippen LogP contribution in [0.15, 0.2) is 0 Å². The van der Waals surface area contributed by atoms with Crippen LogP contribution in [-0.2, 0) is 9.59 Å². The van der Waals surface area contributed by atoms with Crippen LogP contribution in [0.2, 0.25) is 25.1 Å². The highest BCUT2D eigenvalue weighted by molar-refractivity contribution is 6.55. The summed E-state index contributed by atoms with van der Waals surface area (Å²) in [6.07, 6.45) is 1.97. The van der Waals surface area contributed by atoms with Crippen LogP contribution in [0.5, 0.6) is 5.75 Å². The zero-order valence-corrected chi connectivity index (χ0v) is 16.1. The Morgan fingerprint density at radius 2 is 1.42 bits per heavy atom. The molecule has 0 atom stereocenters. The van der Waals surface area contributed by atoms with Crippen molar-refractivity contribution in [3.63, 3.8) is 0 Å². The predicted molar refractivity (Wildman–Crippen MR) is 95.8 cm³/mol. The van der Waals surface area contributed by atoms with Gasteiger partial charge in [0.25, 0.3) is 5.91 Å². The molecule has 0 unspecified atom stereocenters. The lowest BCUT2D eigenvalue weighted by atomic mass is 10.3. The number of hydrogen-bond acceptors (Lipinski definition) is 3. The smallest absolute Gasteiger partial charge is 0.258 e. The van der Waals surface area contributed by atoms with Crippen LogP contribution in [0.1, 0.15) is 12.8 Å². The molecule has 2 rings (SSSR count). The van der Waals surface area contributed by atoms with Gasteiger partial charge in [-0.3, -0.25) is 9.59 Å². The molecule has 132 valence electrons. The van der Waals surface area contributed by atoms with Crippen molar-refractivity contribution in [3.8, 4) is 5.75 Å². The number of rotatable bonds is 5. The second-order valence-corrected chi connectivity index (χ2v) is 6.94. The van der Waals surface area contributed by atoms with E-state index in [2.05, 4.69) is 5.32 Å². The summed E-state index contributed by atoms with van der Waals surface area (Å²) in [6, 6.07) is 0. The molecule has 1 heterocycles. The van der Waals surface area contributed by atoms with Crippen LogP contribution in [0, 0.1) is 0 Å². The Balaban J connectivity index is 1.91. The first kappa shape index (κ1) is 19.7. The molecule has 1 aromatic carbocycles. The normalized spacial score (nSPS) is 14.0. The number of amides is 2. The largest absolute Gasteiger partial charge is 0.481 e. The quantitative estimate of drug-likeness (QED) is 0.561. The third kappa shape index (κ3) is 4.52. The first-order chi connectivity index (χ1) is 11.3. The van der Waals surface area contributed by atoms with Crippen molar-refractivity contribution < 1.29 is 14.3 Å². The summed E-state index contributed by atoms with van der Waals surface area (Å²) in [5.41, 5.74) is 0. The van der Waals surface area contributed by atoms with Gasteiger partial charge in [-0.2, -0.15) is 0 Å². The molecule has 1 fully saturated rings. The van der Waals surface area contributed by atoms with Crippen molar-refractivity contribution in [3.05, 3.63) is 25.1 Å². The van der Waals surface area contributed by atoms with Crippen LogP contribution in [0.4, 0.5) is 0 Å². The van der Waals surface area contributed by atoms with Crippen LogP contribution in [0.3, 0.4) is 0 Å². The molecule has 2 amide bonds. The number of benzene rings is 1. The maximum absolute atomic E-state index is 11.8. The highest BCUT2D eigenvalue weighted by Gasteiger charge is 2.22. The third-order valence-corrected chi connectivity index (χ3v) is 5.65. The van der Waals surface area contributed by atoms with Gasteiger partial charge in [0.15, 0.2) is 12.4 Å². The molecule has 1 N–H and O–H groups in total. The first-order valence-corrected chi connectivity index (χ1v) is 8.90. The van der Waals surface area contributed by atoms with Gasteiger partial charge in [0.05, 0.1) is 21.6 Å². The van der Waals surface area contributed by atoms with Crippen LogP contribution >= 0.6 is 58.0 Å². The second kappa shape index (κ2) is 8.68. The topological polar surface area (TPSA) is 58.6 Å². The van der Waals surface area contributed by atoms with Gasteiger partial charge in [-0.05, 0) is 12.8 Å². The summed E-state index contributed by atoms with van der Waals surface area (Å²) in [7, 11) is 0. The van der Waals surface area contributed by atoms with Gasteiger partial charge in [0.2, 0.25) is 5.91 Å². The Bertz CT molecular complexity index is 633. The van der Waals surface area contributed by atoms with Crippen LogP contribution < -0.4 is 10.1 Å². The standard InChI is InChI=1S/C14H13Cl5N2O3/c15-9-10(16)12(18)14(13(19)11(9)17)24-6-7(22)20-5-8(23)21-3-1-2-4-21/h1-6H2,(H,20,22). The fourth-order valence-corrected chi connectivity index (χ4v) is 3.38. The van der Waals surface area contributed by atoms with Gasteiger partial charge in [-0.25, -0.2) is 0 Å². The minimum absolute atomic E-state index is 0.00125. The molecule has 1 aliphatic heterocycles. The molecule has 1 aromatic rings. The van der Waals surface area contributed by atoms with Gasteiger partial charge in [-0.15, -0.1) is 0 Å². The molecular weight excluding hydrogens is 421 g/mol. The molecule has 0 bridgehead atoms. The summed E-state index contributed by atoms with van der Waals surface area (Å²) in [6.45, 7) is 0.948. The van der Waals surface area contributed by atoms with Crippen molar-refractivity contribution in [1.29, 1.82) is 0 Å². The van der Waals surface area contributed by atoms with Gasteiger partial charge >= 0.3 is 0 Å². The summed E-state index contributed by atoms with van der Waals surface area (Å²) in [5, 5.41) is 2.35. The fraction of sp³-hybridized carbons (Fsp3) is 0.429. The minimum atomic E-state index is -0.503. The van der Waals surface area contributed by atoms with Gasteiger partial charge in [-0.1, -0.05) is 58.0 Å². The number of carbonyl (C=O) groups is 2. The molecule has 0 saturated carbocycles. The van der Waals surface area contributed by atoms with E-state index in [1.54, 1.807) is 4.90 Å². The van der Waals surface area contributed by atoms with Crippen LogP contribution in [-0.4, -0.2) is 43.0 Å². The molecular formula is C14H13Cl5N2O3. The lowest BCUT2D eigenvalue weighted by molar-refractivity contribution is -0.132. The van der Waals surface area contributed by atoms with E-state index in [1.807, 2.05) is 0 Å². The maximum atomic E-state index is 11.8. The van der Waals surface area contributed by atoms with E-state index >= 15 is 0 Å². The molecule has 5 nitrogen and oxygen atoms in total. The zero-order valence-electron chi connectivity index (χ0n) is 12.3. The number of ether oxygens (including phenoxy) is 1. The van der Waals surface area contributed by atoms with Gasteiger partial charge < -0.3 is 15.0 Å². The number of nitrogens with one attached hydrogen (secondary N) is 1. The number of likely N-dealkylation sites (tertiary alicyclic amines) is 1. The Morgan fingerprint density at radius 1 is 0.917 bits per heavy atom. The maximum Gasteiger partial charge on any atom is 0.258 e. The molecule has 0 aromatic heterocycles. The Hall–Kier alpha value is -0.590. The number of halogens is 5. The predicted octanol–water partition coefficient (Wildman–Crippen LogP) is 4.07. The number of nitrogens with zero attached hydrogens (tertiary/aromatic N) is 1. The van der Waals surface area contributed by atoms with E-state index in [0.717, 1.165) is 25.9 Å². The number of hydrogen-bond donors (Lipinski definition) is 1. The van der Waals surface area contributed by atoms with E-state index in [-0.39, 0.29) is 43.3 Å². The minimum Gasteiger partial charge on any atom is -0.481 e. The van der Waals surface area contributed by atoms with Crippen LogP contribution in [0.25, 0.3) is 0 Å². The molecule has 10 heteroatoms. The lowest BCUT2D eigenvalue weighted by Gasteiger charge is -2.16. The van der Waals surface area contributed by atoms with Crippen molar-refractivity contribution in [1.82, 2.24) is 10.2 Å². The van der Waals surface area contributed by atoms with E-state index in [9.17, 15) is 9.59 Å². The van der Waals surface area contributed by atoms with Crippen molar-refractivity contribution in [2.75, 3.05) is 26.2 Å². The summed E-state index contributed by atoms with van der Waals surface area (Å²) < 4.78 is 5.28. The summed E-state index contributed by atoms with van der Waals surface area (Å²) in [4.78, 5) is 25.3. The van der Waals surface area contributed by atoms with E-state index < -0.39 is 12.5 Å². The zero-order chi connectivity index (χ0) is 17.9. The highest BCUT2D eigenvalue weighted by atomic mass is 35.5. The van der Waals surface area contributed by atoms with Crippen molar-refractivity contribution in [2.24, 2.45) is 0 Å². The SMILES string of the molecule is O=C(COc1c(Cl)c(Cl)c(Cl)c(Cl)c1Cl)NCC(=O)N1CCCC1. The monoisotopic (exact) mass is 432 g/mol. The molecule has 1 saturated heterocycles. The lowest BCUT2D eigenvalue weighted by Crippen LogP contribution is -2.40. The summed E-state index contributed by atoms with van der Waals surface area (Å²) in [5.74, 6) is -0.676. The Kier molecular flexibility index (Phi) is 7.13. The fourth-order valence-electron chi connectivity index (χ4n) is 2.15. The van der Waals surface area contributed by atoms with E-state index in [1.165, 1.54) is 0 Å². The van der Waals surface area contributed by atoms with Gasteiger partial charge in [0.1, 0.15) is 10.0 Å². The van der Waals surface area contributed by atoms with Gasteiger partial charge in [0, 0.05) is 13.1 Å². The molecule has 24 heavy (non-hydrogen) atoms. The molecule has 1 aliphatic rings. The van der Waals surface area contributed by atoms with Crippen molar-refractivity contribution in [2.45, 2.75) is 12.8 Å². The van der Waals surface area contributed by atoms with Crippen molar-refractivity contribution >= 4 is 69.8 Å². The highest BCUT2D eigenvalue weighted by Crippen LogP contribution is 2.48. The molecule has 0 radical (unpaired) electrons. The average molecular weight is 435 g/mol. The van der Waals surface area contributed by atoms with E-state index in [0.29, 0.717) is 0 Å². The Morgan fingerprint density at radius 3 is 1.96 bits per heavy atom. The third-order valence-electron chi connectivity index (χ3n) is 3.41. The second-order valence-electron chi connectivity index (χ2n) is 5.05. The molecule has 0 aliphatic carbocycles. The Labute approximate surface area is 164 Å².